The molecule has 0 aliphatic carbocycles. The second kappa shape index (κ2) is 32.0. The Hall–Kier alpha value is -10.4. The van der Waals surface area contributed by atoms with Crippen molar-refractivity contribution in [3.05, 3.63) is 215 Å². The summed E-state index contributed by atoms with van der Waals surface area (Å²) >= 11 is 0. The molecule has 0 aliphatic heterocycles. The van der Waals surface area contributed by atoms with Crippen LogP contribution in [0.3, 0.4) is 0 Å². The molecule has 0 heterocycles. The summed E-state index contributed by atoms with van der Waals surface area (Å²) in [6.07, 6.45) is -1.08. The number of ether oxygens (including phenoxy) is 6. The molecule has 7 aromatic rings. The highest BCUT2D eigenvalue weighted by atomic mass is 17.2. The lowest BCUT2D eigenvalue weighted by Crippen LogP contribution is -2.30. The van der Waals surface area contributed by atoms with Gasteiger partial charge in [-0.15, -0.1) is 0 Å². The lowest BCUT2D eigenvalue weighted by atomic mass is 9.85. The predicted molar refractivity (Wildman–Crippen MR) is 319 cm³/mol. The van der Waals surface area contributed by atoms with Gasteiger partial charge >= 0.3 is 53.7 Å². The molecule has 21 nitrogen and oxygen atoms in total. The highest BCUT2D eigenvalue weighted by Crippen LogP contribution is 2.37. The maximum absolute atomic E-state index is 13.0. The molecule has 7 aromatic carbocycles. The van der Waals surface area contributed by atoms with Gasteiger partial charge in [0.2, 0.25) is 0 Å². The quantitative estimate of drug-likeness (QED) is 0.0175. The molecular weight excluding hydrogens is 1160 g/mol. The molecule has 0 radical (unpaired) electrons. The zero-order chi connectivity index (χ0) is 64.7. The fourth-order valence-corrected chi connectivity index (χ4v) is 8.02. The van der Waals surface area contributed by atoms with Gasteiger partial charge in [0.1, 0.15) is 51.3 Å². The lowest BCUT2D eigenvalue weighted by Gasteiger charge is -2.31. The molecule has 0 saturated heterocycles. The van der Waals surface area contributed by atoms with E-state index in [4.69, 9.17) is 57.7 Å². The van der Waals surface area contributed by atoms with Crippen LogP contribution in [0.1, 0.15) is 147 Å². The van der Waals surface area contributed by atoms with Crippen LogP contribution in [0, 0.1) is 0 Å². The van der Waals surface area contributed by atoms with Crippen molar-refractivity contribution < 1.29 is 101 Å². The molecule has 0 aliphatic rings. The van der Waals surface area contributed by atoms with Gasteiger partial charge in [-0.05, 0) is 205 Å². The van der Waals surface area contributed by atoms with Gasteiger partial charge in [-0.25, -0.2) is 28.8 Å². The number of hydrogen-bond acceptors (Lipinski definition) is 21. The van der Waals surface area contributed by atoms with Gasteiger partial charge in [-0.2, -0.15) is 14.7 Å². The Morgan fingerprint density at radius 3 is 0.689 bits per heavy atom. The Morgan fingerprint density at radius 2 is 0.467 bits per heavy atom. The van der Waals surface area contributed by atoms with E-state index in [0.29, 0.717) is 33.4 Å². The van der Waals surface area contributed by atoms with Crippen LogP contribution in [0.2, 0.25) is 0 Å². The zero-order valence-corrected chi connectivity index (χ0v) is 50.3. The van der Waals surface area contributed by atoms with Gasteiger partial charge < -0.3 is 28.4 Å². The van der Waals surface area contributed by atoms with Crippen molar-refractivity contribution in [3.8, 4) is 34.5 Å². The summed E-state index contributed by atoms with van der Waals surface area (Å²) in [5, 5.41) is 0. The fraction of sp³-hybridized carbons (Fsp3) is 0.261. The summed E-state index contributed by atoms with van der Waals surface area (Å²) in [4.78, 5) is 147. The van der Waals surface area contributed by atoms with Gasteiger partial charge in [0.05, 0.1) is 16.7 Å². The smallest absolute Gasteiger partial charge is 0.343 e. The van der Waals surface area contributed by atoms with E-state index in [0.717, 1.165) is 0 Å². The Balaban J connectivity index is 0.914. The van der Waals surface area contributed by atoms with Gasteiger partial charge in [-0.3, -0.25) is 29.0 Å². The van der Waals surface area contributed by atoms with Crippen LogP contribution < -0.4 is 28.4 Å². The van der Waals surface area contributed by atoms with Crippen molar-refractivity contribution in [1.82, 2.24) is 0 Å². The monoisotopic (exact) mass is 1230 g/mol. The summed E-state index contributed by atoms with van der Waals surface area (Å²) in [5.74, 6) is -4.67. The minimum absolute atomic E-state index is 0.0355. The highest BCUT2D eigenvalue weighted by molar-refractivity contribution is 5.92. The number of benzene rings is 7. The molecule has 21 heteroatoms. The normalized spacial score (nSPS) is 11.3. The van der Waals surface area contributed by atoms with Crippen molar-refractivity contribution in [2.24, 2.45) is 0 Å². The van der Waals surface area contributed by atoms with E-state index < -0.39 is 70.5 Å². The molecule has 0 fully saturated rings. The molecule has 0 unspecified atom stereocenters. The minimum atomic E-state index is -1.42. The number of esters is 6. The van der Waals surface area contributed by atoms with Gasteiger partial charge in [0.25, 0.3) is 0 Å². The van der Waals surface area contributed by atoms with Crippen molar-refractivity contribution in [2.75, 3.05) is 0 Å². The molecule has 0 aromatic heterocycles. The van der Waals surface area contributed by atoms with E-state index in [1.165, 1.54) is 72.8 Å². The number of carbonyl (C=O) groups excluding carboxylic acids is 9. The first kappa shape index (κ1) is 67.2. The molecule has 90 heavy (non-hydrogen) atoms. The molecular formula is C69H66O21. The topological polar surface area (TPSA) is 264 Å². The number of rotatable bonds is 30. The standard InChI is InChI=1S/C69H66O21/c1-67(2,88-85-61(73)28-16-25-58(70)79-52-31-37-55(38-32-52)82-64(76)46-19-10-7-11-20-46)49-43-50(68(3,4)89-86-62(74)29-17-26-59(71)80-53-33-39-56(40-34-53)83-65(77)47-21-12-8-13-22-47)45-51(44-49)69(5,6)90-87-63(75)30-18-27-60(72)81-54-35-41-57(42-36-54)84-66(78)48-23-14-9-15-24-48/h7-15,19-24,31-45H,16-18,25-30H2,1-6H3. The molecule has 0 atom stereocenters. The van der Waals surface area contributed by atoms with Crippen molar-refractivity contribution in [1.29, 1.82) is 0 Å². The Kier molecular flexibility index (Phi) is 23.9. The van der Waals surface area contributed by atoms with E-state index in [2.05, 4.69) is 0 Å². The molecule has 0 spiro atoms. The molecule has 0 N–H and O–H groups in total. The van der Waals surface area contributed by atoms with Crippen LogP contribution in [-0.4, -0.2) is 53.7 Å². The first-order valence-corrected chi connectivity index (χ1v) is 28.6. The van der Waals surface area contributed by atoms with Crippen LogP contribution in [0.5, 0.6) is 34.5 Å². The van der Waals surface area contributed by atoms with Crippen LogP contribution in [-0.2, 0) is 74.9 Å². The Morgan fingerprint density at radius 1 is 0.267 bits per heavy atom. The minimum Gasteiger partial charge on any atom is -0.427 e. The lowest BCUT2D eigenvalue weighted by molar-refractivity contribution is -0.333. The average Bonchev–Trinajstić information content (AvgIpc) is 0.831. The molecule has 0 amide bonds. The zero-order valence-electron chi connectivity index (χ0n) is 50.3. The van der Waals surface area contributed by atoms with Gasteiger partial charge in [0.15, 0.2) is 0 Å². The third kappa shape index (κ3) is 21.5. The van der Waals surface area contributed by atoms with E-state index in [1.54, 1.807) is 151 Å². The van der Waals surface area contributed by atoms with Crippen molar-refractivity contribution in [2.45, 2.75) is 116 Å². The van der Waals surface area contributed by atoms with E-state index in [1.807, 2.05) is 0 Å². The van der Waals surface area contributed by atoms with E-state index >= 15 is 0 Å². The first-order chi connectivity index (χ1) is 43.0. The summed E-state index contributed by atoms with van der Waals surface area (Å²) in [5.41, 5.74) is -2.02. The molecule has 0 bridgehead atoms. The Bertz CT molecular complexity index is 3210. The third-order valence-electron chi connectivity index (χ3n) is 13.2. The van der Waals surface area contributed by atoms with E-state index in [-0.39, 0.29) is 92.3 Å². The van der Waals surface area contributed by atoms with Crippen LogP contribution >= 0.6 is 0 Å². The van der Waals surface area contributed by atoms with Crippen LogP contribution in [0.15, 0.2) is 182 Å². The molecule has 7 rings (SSSR count). The fourth-order valence-electron chi connectivity index (χ4n) is 8.02. The van der Waals surface area contributed by atoms with Gasteiger partial charge in [-0.1, -0.05) is 54.6 Å². The number of hydrogen-bond donors (Lipinski definition) is 0. The second-order valence-electron chi connectivity index (χ2n) is 21.6. The van der Waals surface area contributed by atoms with Crippen molar-refractivity contribution in [3.63, 3.8) is 0 Å². The summed E-state index contributed by atoms with van der Waals surface area (Å²) in [7, 11) is 0. The molecule has 0 saturated carbocycles. The van der Waals surface area contributed by atoms with Crippen LogP contribution in [0.25, 0.3) is 0 Å². The maximum Gasteiger partial charge on any atom is 0.343 e. The SMILES string of the molecule is CC(C)(OOC(=O)CCCC(=O)Oc1ccc(OC(=O)c2ccccc2)cc1)c1cc(C(C)(C)OOC(=O)CCCC(=O)Oc2ccc(OC(=O)c3ccccc3)cc2)cc(C(C)(C)OOC(=O)CCCC(=O)Oc2ccc(OC(=O)c3ccccc3)cc2)c1. The second-order valence-corrected chi connectivity index (χ2v) is 21.6. The maximum atomic E-state index is 13.0. The summed E-state index contributed by atoms with van der Waals surface area (Å²) in [6, 6.07) is 47.9. The largest absolute Gasteiger partial charge is 0.427 e. The van der Waals surface area contributed by atoms with Gasteiger partial charge in [0, 0.05) is 38.5 Å². The highest BCUT2D eigenvalue weighted by Gasteiger charge is 2.35. The third-order valence-corrected chi connectivity index (χ3v) is 13.2. The number of carbonyl (C=O) groups is 9. The summed E-state index contributed by atoms with van der Waals surface area (Å²) < 4.78 is 32.3. The summed E-state index contributed by atoms with van der Waals surface area (Å²) in [6.45, 7) is 9.61. The van der Waals surface area contributed by atoms with E-state index in [9.17, 15) is 43.2 Å². The van der Waals surface area contributed by atoms with Crippen molar-refractivity contribution >= 4 is 53.7 Å². The predicted octanol–water partition coefficient (Wildman–Crippen LogP) is 12.8. The first-order valence-electron chi connectivity index (χ1n) is 28.6. The Labute approximate surface area is 518 Å². The molecule has 468 valence electrons. The van der Waals surface area contributed by atoms with Crippen LogP contribution in [0.4, 0.5) is 0 Å². The average molecular weight is 1230 g/mol.